The number of carbonyl (C=O) groups excluding carboxylic acids is 1. The number of ketones is 1. The molecule has 0 aliphatic carbocycles. The lowest BCUT2D eigenvalue weighted by Crippen LogP contribution is -2.50. The fraction of sp³-hybridized carbons (Fsp3) is 0.700. The molecule has 0 saturated carbocycles. The summed E-state index contributed by atoms with van der Waals surface area (Å²) in [4.78, 5) is 11.9. The summed E-state index contributed by atoms with van der Waals surface area (Å²) in [7, 11) is 1.64. The largest absolute Gasteiger partial charge is 0.511 e. The second-order valence-electron chi connectivity index (χ2n) is 3.32. The zero-order valence-corrected chi connectivity index (χ0v) is 11.1. The molecule has 0 bridgehead atoms. The van der Waals surface area contributed by atoms with Crippen LogP contribution in [0.2, 0.25) is 5.54 Å². The molecule has 0 heterocycles. The molecular weight excluding hydrogens is 212 g/mol. The van der Waals surface area contributed by atoms with Crippen molar-refractivity contribution >= 4 is 14.6 Å². The maximum absolute atomic E-state index is 11.9. The van der Waals surface area contributed by atoms with Crippen LogP contribution in [0.4, 0.5) is 0 Å². The van der Waals surface area contributed by atoms with E-state index < -0.39 is 8.80 Å². The van der Waals surface area contributed by atoms with E-state index in [-0.39, 0.29) is 11.3 Å². The summed E-state index contributed by atoms with van der Waals surface area (Å²) in [5, 5.41) is 0. The summed E-state index contributed by atoms with van der Waals surface area (Å²) < 4.78 is 15.9. The number of Topliss-reactive ketones (excluding diaryl/α,β-unsaturated/α-hetero) is 1. The van der Waals surface area contributed by atoms with Crippen LogP contribution in [-0.2, 0) is 18.1 Å². The summed E-state index contributed by atoms with van der Waals surface area (Å²) in [6, 6.07) is 0. The number of allylic oxidation sites excluding steroid dienone is 1. The molecule has 0 amide bonds. The average molecular weight is 232 g/mol. The third-order valence-corrected chi connectivity index (χ3v) is 5.66. The Bertz CT molecular complexity index is 227. The lowest BCUT2D eigenvalue weighted by atomic mass is 10.1. The Morgan fingerprint density at radius 3 is 1.87 bits per heavy atom. The Labute approximate surface area is 92.6 Å². The minimum absolute atomic E-state index is 0.0466. The van der Waals surface area contributed by atoms with Crippen molar-refractivity contribution in [2.24, 2.45) is 0 Å². The zero-order chi connectivity index (χ0) is 12.1. The van der Waals surface area contributed by atoms with Gasteiger partial charge in [-0.05, 0) is 18.9 Å². The number of carbonyl (C=O) groups is 1. The van der Waals surface area contributed by atoms with Gasteiger partial charge in [0, 0.05) is 21.3 Å². The van der Waals surface area contributed by atoms with Crippen molar-refractivity contribution in [3.63, 3.8) is 0 Å². The molecule has 0 aliphatic rings. The van der Waals surface area contributed by atoms with Gasteiger partial charge in [0.15, 0.2) is 5.78 Å². The first-order chi connectivity index (χ1) is 6.98. The fourth-order valence-electron chi connectivity index (χ4n) is 1.57. The van der Waals surface area contributed by atoms with Crippen molar-refractivity contribution in [2.45, 2.75) is 25.8 Å². The van der Waals surface area contributed by atoms with Crippen molar-refractivity contribution < 1.29 is 18.1 Å². The Kier molecular flexibility index (Phi) is 5.97. The van der Waals surface area contributed by atoms with E-state index in [0.29, 0.717) is 12.0 Å². The molecule has 0 aromatic heterocycles. The molecule has 0 unspecified atom stereocenters. The highest BCUT2D eigenvalue weighted by atomic mass is 28.4. The second kappa shape index (κ2) is 6.17. The van der Waals surface area contributed by atoms with E-state index in [1.807, 2.05) is 6.92 Å². The predicted molar refractivity (Wildman–Crippen MR) is 60.6 cm³/mol. The van der Waals surface area contributed by atoms with Gasteiger partial charge in [0.05, 0.1) is 5.54 Å². The number of rotatable bonds is 7. The summed E-state index contributed by atoms with van der Waals surface area (Å²) in [5.74, 6) is -0.0466. The molecule has 0 N–H and O–H groups in total. The van der Waals surface area contributed by atoms with Crippen LogP contribution in [0.1, 0.15) is 20.3 Å². The highest BCUT2D eigenvalue weighted by Crippen LogP contribution is 2.30. The standard InChI is InChI=1S/C10H20O4Si/c1-7-9(10(11)8(2)3)15(12-4,13-5)14-6/h9H,2,7H2,1,3-6H3/t9-/m1/s1. The first-order valence-electron chi connectivity index (χ1n) is 4.84. The molecule has 1 atom stereocenters. The third-order valence-electron chi connectivity index (χ3n) is 2.43. The van der Waals surface area contributed by atoms with Gasteiger partial charge in [-0.1, -0.05) is 13.5 Å². The summed E-state index contributed by atoms with van der Waals surface area (Å²) in [6.07, 6.45) is 0.618. The van der Waals surface area contributed by atoms with Gasteiger partial charge in [0.25, 0.3) is 0 Å². The van der Waals surface area contributed by atoms with E-state index in [0.717, 1.165) is 0 Å². The molecule has 0 fully saturated rings. The maximum atomic E-state index is 11.9. The lowest BCUT2D eigenvalue weighted by molar-refractivity contribution is -0.116. The van der Waals surface area contributed by atoms with Crippen molar-refractivity contribution in [2.75, 3.05) is 21.3 Å². The van der Waals surface area contributed by atoms with Crippen LogP contribution < -0.4 is 0 Å². The molecular formula is C10H20O4Si. The van der Waals surface area contributed by atoms with Crippen LogP contribution in [0, 0.1) is 0 Å². The van der Waals surface area contributed by atoms with E-state index in [1.165, 1.54) is 21.3 Å². The van der Waals surface area contributed by atoms with Crippen molar-refractivity contribution in [3.8, 4) is 0 Å². The minimum atomic E-state index is -2.88. The summed E-state index contributed by atoms with van der Waals surface area (Å²) in [6.45, 7) is 7.24. The van der Waals surface area contributed by atoms with Crippen molar-refractivity contribution in [1.82, 2.24) is 0 Å². The van der Waals surface area contributed by atoms with Gasteiger partial charge in [-0.15, -0.1) is 0 Å². The lowest BCUT2D eigenvalue weighted by Gasteiger charge is -2.30. The smallest absolute Gasteiger partial charge is 0.376 e. The molecule has 5 heteroatoms. The van der Waals surface area contributed by atoms with Gasteiger partial charge >= 0.3 is 8.80 Å². The normalized spacial score (nSPS) is 13.7. The first-order valence-corrected chi connectivity index (χ1v) is 6.64. The summed E-state index contributed by atoms with van der Waals surface area (Å²) >= 11 is 0. The Morgan fingerprint density at radius 1 is 1.27 bits per heavy atom. The van der Waals surface area contributed by atoms with E-state index in [1.54, 1.807) is 6.92 Å². The van der Waals surface area contributed by atoms with Crippen LogP contribution in [0.15, 0.2) is 12.2 Å². The molecule has 0 radical (unpaired) electrons. The monoisotopic (exact) mass is 232 g/mol. The quantitative estimate of drug-likeness (QED) is 0.496. The average Bonchev–Trinajstić information content (AvgIpc) is 2.25. The number of hydrogen-bond donors (Lipinski definition) is 0. The Morgan fingerprint density at radius 2 is 1.67 bits per heavy atom. The molecule has 0 rings (SSSR count). The number of hydrogen-bond acceptors (Lipinski definition) is 4. The molecule has 0 aromatic carbocycles. The van der Waals surface area contributed by atoms with Gasteiger partial charge in [-0.3, -0.25) is 4.79 Å². The van der Waals surface area contributed by atoms with E-state index in [4.69, 9.17) is 13.3 Å². The third kappa shape index (κ3) is 2.98. The molecule has 0 saturated heterocycles. The zero-order valence-electron chi connectivity index (χ0n) is 10.1. The fourth-order valence-corrected chi connectivity index (χ4v) is 3.99. The highest BCUT2D eigenvalue weighted by molar-refractivity contribution is 6.67. The SMILES string of the molecule is C=C(C)C(=O)[C@@H](CC)[Si](OC)(OC)OC. The first kappa shape index (κ1) is 14.5. The maximum Gasteiger partial charge on any atom is 0.511 e. The van der Waals surface area contributed by atoms with Crippen LogP contribution in [-0.4, -0.2) is 35.9 Å². The molecule has 15 heavy (non-hydrogen) atoms. The van der Waals surface area contributed by atoms with Crippen LogP contribution in [0.25, 0.3) is 0 Å². The van der Waals surface area contributed by atoms with E-state index in [9.17, 15) is 4.79 Å². The molecule has 88 valence electrons. The molecule has 0 aliphatic heterocycles. The van der Waals surface area contributed by atoms with Crippen LogP contribution >= 0.6 is 0 Å². The van der Waals surface area contributed by atoms with Gasteiger partial charge in [0.1, 0.15) is 0 Å². The summed E-state index contributed by atoms with van der Waals surface area (Å²) in [5.41, 5.74) is 0.139. The van der Waals surface area contributed by atoms with Gasteiger partial charge < -0.3 is 13.3 Å². The van der Waals surface area contributed by atoms with Gasteiger partial charge in [0.2, 0.25) is 0 Å². The highest BCUT2D eigenvalue weighted by Gasteiger charge is 2.50. The molecule has 0 aromatic rings. The second-order valence-corrected chi connectivity index (χ2v) is 6.45. The Balaban J connectivity index is 5.06. The van der Waals surface area contributed by atoms with Crippen molar-refractivity contribution in [1.29, 1.82) is 0 Å². The topological polar surface area (TPSA) is 44.8 Å². The van der Waals surface area contributed by atoms with E-state index >= 15 is 0 Å². The molecule has 4 nitrogen and oxygen atoms in total. The van der Waals surface area contributed by atoms with E-state index in [2.05, 4.69) is 6.58 Å². The Hall–Kier alpha value is -0.493. The van der Waals surface area contributed by atoms with Crippen LogP contribution in [0.3, 0.4) is 0 Å². The predicted octanol–water partition coefficient (Wildman–Crippen LogP) is 1.79. The van der Waals surface area contributed by atoms with Gasteiger partial charge in [-0.2, -0.15) is 0 Å². The minimum Gasteiger partial charge on any atom is -0.376 e. The van der Waals surface area contributed by atoms with Crippen LogP contribution in [0.5, 0.6) is 0 Å². The molecule has 0 spiro atoms. The van der Waals surface area contributed by atoms with Gasteiger partial charge in [-0.25, -0.2) is 0 Å². The van der Waals surface area contributed by atoms with Crippen molar-refractivity contribution in [3.05, 3.63) is 12.2 Å².